The lowest BCUT2D eigenvalue weighted by atomic mass is 9.97. The molecule has 1 heterocycles. The van der Waals surface area contributed by atoms with Crippen molar-refractivity contribution in [1.82, 2.24) is 4.90 Å². The van der Waals surface area contributed by atoms with Gasteiger partial charge in [-0.3, -0.25) is 0 Å². The number of nitrogens with zero attached hydrogens (tertiary/aromatic N) is 1. The summed E-state index contributed by atoms with van der Waals surface area (Å²) in [5, 5.41) is 0. The standard InChI is InChI=1S/C19H28N2O3/c1-23-19(22)21-11-5-8-17(20)18(21)13-24-16-10-9-15(12-16)14-6-3-2-4-7-14/h2-4,6-7,15-18H,5,8-13,20H2,1H3/t15?,16?,17-,18-/m0/s1. The molecule has 2 N–H and O–H groups in total. The molecule has 2 unspecified atom stereocenters. The van der Waals surface area contributed by atoms with E-state index in [2.05, 4.69) is 30.3 Å². The molecule has 0 spiro atoms. The Balaban J connectivity index is 1.54. The Bertz CT molecular complexity index is 537. The van der Waals surface area contributed by atoms with E-state index in [1.54, 1.807) is 4.90 Å². The molecule has 1 aromatic rings. The molecule has 5 nitrogen and oxygen atoms in total. The van der Waals surface area contributed by atoms with Crippen LogP contribution in [0.15, 0.2) is 30.3 Å². The van der Waals surface area contributed by atoms with Crippen LogP contribution in [0.3, 0.4) is 0 Å². The third-order valence-electron chi connectivity index (χ3n) is 5.40. The smallest absolute Gasteiger partial charge is 0.409 e. The summed E-state index contributed by atoms with van der Waals surface area (Å²) in [5.41, 5.74) is 7.63. The van der Waals surface area contributed by atoms with Gasteiger partial charge in [0.1, 0.15) is 0 Å². The second kappa shape index (κ2) is 7.99. The highest BCUT2D eigenvalue weighted by molar-refractivity contribution is 5.68. The Labute approximate surface area is 144 Å². The molecule has 3 rings (SSSR count). The predicted molar refractivity (Wildman–Crippen MR) is 92.9 cm³/mol. The second-order valence-electron chi connectivity index (χ2n) is 6.91. The fourth-order valence-electron chi connectivity index (χ4n) is 4.00. The molecule has 1 amide bonds. The van der Waals surface area contributed by atoms with E-state index < -0.39 is 0 Å². The number of methoxy groups -OCH3 is 1. The van der Waals surface area contributed by atoms with Crippen LogP contribution in [0.5, 0.6) is 0 Å². The maximum absolute atomic E-state index is 11.9. The van der Waals surface area contributed by atoms with Gasteiger partial charge in [0, 0.05) is 12.6 Å². The molecule has 5 heteroatoms. The van der Waals surface area contributed by atoms with E-state index >= 15 is 0 Å². The minimum atomic E-state index is -0.299. The summed E-state index contributed by atoms with van der Waals surface area (Å²) in [4.78, 5) is 13.7. The molecule has 1 saturated carbocycles. The number of piperidine rings is 1. The van der Waals surface area contributed by atoms with E-state index in [9.17, 15) is 4.79 Å². The van der Waals surface area contributed by atoms with E-state index in [0.29, 0.717) is 19.1 Å². The van der Waals surface area contributed by atoms with Gasteiger partial charge in [-0.25, -0.2) is 4.79 Å². The molecule has 24 heavy (non-hydrogen) atoms. The number of ether oxygens (including phenoxy) is 2. The lowest BCUT2D eigenvalue weighted by Crippen LogP contribution is -2.56. The summed E-state index contributed by atoms with van der Waals surface area (Å²) in [5.74, 6) is 0.577. The van der Waals surface area contributed by atoms with Crippen LogP contribution in [0.4, 0.5) is 4.79 Å². The van der Waals surface area contributed by atoms with Crippen molar-refractivity contribution < 1.29 is 14.3 Å². The summed E-state index contributed by atoms with van der Waals surface area (Å²) in [6, 6.07) is 10.5. The molecule has 0 radical (unpaired) electrons. The first-order valence-electron chi connectivity index (χ1n) is 8.95. The van der Waals surface area contributed by atoms with E-state index in [-0.39, 0.29) is 24.3 Å². The second-order valence-corrected chi connectivity index (χ2v) is 6.91. The van der Waals surface area contributed by atoms with Crippen molar-refractivity contribution in [3.63, 3.8) is 0 Å². The molecular formula is C19H28N2O3. The molecule has 132 valence electrons. The summed E-state index contributed by atoms with van der Waals surface area (Å²) in [6.07, 6.45) is 5.08. The Morgan fingerprint density at radius 1 is 1.25 bits per heavy atom. The van der Waals surface area contributed by atoms with Gasteiger partial charge in [0.25, 0.3) is 0 Å². The summed E-state index contributed by atoms with van der Waals surface area (Å²) in [6.45, 7) is 1.20. The first-order chi connectivity index (χ1) is 11.7. The van der Waals surface area contributed by atoms with Gasteiger partial charge in [0.15, 0.2) is 0 Å². The molecule has 1 saturated heterocycles. The van der Waals surface area contributed by atoms with Crippen LogP contribution in [-0.2, 0) is 9.47 Å². The van der Waals surface area contributed by atoms with Gasteiger partial charge >= 0.3 is 6.09 Å². The normalized spacial score (nSPS) is 30.3. The summed E-state index contributed by atoms with van der Waals surface area (Å²) < 4.78 is 11.1. The molecule has 1 aliphatic carbocycles. The van der Waals surface area contributed by atoms with E-state index in [1.165, 1.54) is 12.7 Å². The van der Waals surface area contributed by atoms with Gasteiger partial charge in [-0.15, -0.1) is 0 Å². The monoisotopic (exact) mass is 332 g/mol. The zero-order valence-corrected chi connectivity index (χ0v) is 14.4. The lowest BCUT2D eigenvalue weighted by molar-refractivity contribution is -0.00597. The fourth-order valence-corrected chi connectivity index (χ4v) is 4.00. The molecule has 0 aromatic heterocycles. The Hall–Kier alpha value is -1.59. The Kier molecular flexibility index (Phi) is 5.74. The van der Waals surface area contributed by atoms with Gasteiger partial charge < -0.3 is 20.1 Å². The maximum atomic E-state index is 11.9. The highest BCUT2D eigenvalue weighted by Gasteiger charge is 2.35. The Morgan fingerprint density at radius 3 is 2.79 bits per heavy atom. The molecule has 1 aromatic carbocycles. The number of rotatable bonds is 4. The Morgan fingerprint density at radius 2 is 2.04 bits per heavy atom. The van der Waals surface area contributed by atoms with Gasteiger partial charge in [0.05, 0.1) is 25.9 Å². The number of hydrogen-bond donors (Lipinski definition) is 1. The molecule has 1 aliphatic heterocycles. The number of hydrogen-bond acceptors (Lipinski definition) is 4. The third kappa shape index (κ3) is 3.90. The number of likely N-dealkylation sites (tertiary alicyclic amines) is 1. The zero-order valence-electron chi connectivity index (χ0n) is 14.4. The van der Waals surface area contributed by atoms with Crippen molar-refractivity contribution in [1.29, 1.82) is 0 Å². The minimum Gasteiger partial charge on any atom is -0.453 e. The maximum Gasteiger partial charge on any atom is 0.409 e. The van der Waals surface area contributed by atoms with E-state index in [0.717, 1.165) is 32.1 Å². The average molecular weight is 332 g/mol. The van der Waals surface area contributed by atoms with E-state index in [1.807, 2.05) is 0 Å². The molecule has 2 fully saturated rings. The first kappa shape index (κ1) is 17.2. The highest BCUT2D eigenvalue weighted by atomic mass is 16.5. The number of nitrogens with two attached hydrogens (primary N) is 1. The lowest BCUT2D eigenvalue weighted by Gasteiger charge is -2.39. The van der Waals surface area contributed by atoms with Crippen LogP contribution in [0, 0.1) is 0 Å². The highest BCUT2D eigenvalue weighted by Crippen LogP contribution is 2.36. The van der Waals surface area contributed by atoms with Crippen LogP contribution in [0.25, 0.3) is 0 Å². The number of amides is 1. The average Bonchev–Trinajstić information content (AvgIpc) is 3.09. The minimum absolute atomic E-state index is 0.0378. The van der Waals surface area contributed by atoms with Gasteiger partial charge in [-0.05, 0) is 43.6 Å². The van der Waals surface area contributed by atoms with E-state index in [4.69, 9.17) is 15.2 Å². The quantitative estimate of drug-likeness (QED) is 0.921. The van der Waals surface area contributed by atoms with Gasteiger partial charge in [0.2, 0.25) is 0 Å². The van der Waals surface area contributed by atoms with Crippen LogP contribution in [0.1, 0.15) is 43.6 Å². The fraction of sp³-hybridized carbons (Fsp3) is 0.632. The zero-order chi connectivity index (χ0) is 16.9. The van der Waals surface area contributed by atoms with Crippen molar-refractivity contribution >= 4 is 6.09 Å². The van der Waals surface area contributed by atoms with Crippen molar-refractivity contribution in [3.8, 4) is 0 Å². The first-order valence-corrected chi connectivity index (χ1v) is 8.95. The predicted octanol–water partition coefficient (Wildman–Crippen LogP) is 2.90. The van der Waals surface area contributed by atoms with Crippen LogP contribution >= 0.6 is 0 Å². The number of carbonyl (C=O) groups excluding carboxylic acids is 1. The van der Waals surface area contributed by atoms with Crippen LogP contribution < -0.4 is 5.73 Å². The van der Waals surface area contributed by atoms with Crippen molar-refractivity contribution in [3.05, 3.63) is 35.9 Å². The molecular weight excluding hydrogens is 304 g/mol. The van der Waals surface area contributed by atoms with Gasteiger partial charge in [-0.1, -0.05) is 30.3 Å². The van der Waals surface area contributed by atoms with Gasteiger partial charge in [-0.2, -0.15) is 0 Å². The van der Waals surface area contributed by atoms with Crippen molar-refractivity contribution in [2.24, 2.45) is 5.73 Å². The van der Waals surface area contributed by atoms with Crippen molar-refractivity contribution in [2.75, 3.05) is 20.3 Å². The SMILES string of the molecule is COC(=O)N1CCC[C@H](N)[C@@H]1COC1CCC(c2ccccc2)C1. The van der Waals surface area contributed by atoms with Crippen LogP contribution in [-0.4, -0.2) is 49.4 Å². The van der Waals surface area contributed by atoms with Crippen LogP contribution in [0.2, 0.25) is 0 Å². The summed E-state index contributed by atoms with van der Waals surface area (Å²) in [7, 11) is 1.42. The summed E-state index contributed by atoms with van der Waals surface area (Å²) >= 11 is 0. The number of carbonyl (C=O) groups is 1. The molecule has 0 bridgehead atoms. The van der Waals surface area contributed by atoms with Crippen molar-refractivity contribution in [2.45, 2.75) is 56.2 Å². The largest absolute Gasteiger partial charge is 0.453 e. The number of benzene rings is 1. The molecule has 4 atom stereocenters. The molecule has 2 aliphatic rings. The topological polar surface area (TPSA) is 64.8 Å². The third-order valence-corrected chi connectivity index (χ3v) is 5.40.